The Morgan fingerprint density at radius 3 is 2.16 bits per heavy atom. The van der Waals surface area contributed by atoms with Crippen molar-refractivity contribution >= 4 is 52.5 Å². The summed E-state index contributed by atoms with van der Waals surface area (Å²) in [6.07, 6.45) is -4.23. The van der Waals surface area contributed by atoms with Gasteiger partial charge in [-0.1, -0.05) is 12.1 Å². The van der Waals surface area contributed by atoms with Gasteiger partial charge in [0.15, 0.2) is 0 Å². The number of rotatable bonds is 19. The van der Waals surface area contributed by atoms with Gasteiger partial charge in [0, 0.05) is 73.8 Å². The van der Waals surface area contributed by atoms with Crippen LogP contribution in [0.5, 0.6) is 0 Å². The molecular weight excluding hydrogens is 925 g/mol. The number of aromatic amines is 1. The maximum absolute atomic E-state index is 15.5. The van der Waals surface area contributed by atoms with Crippen LogP contribution in [0.2, 0.25) is 0 Å². The molecule has 22 heteroatoms. The van der Waals surface area contributed by atoms with E-state index in [0.29, 0.717) is 43.3 Å². The average Bonchev–Trinajstić information content (AvgIpc) is 3.57. The quantitative estimate of drug-likeness (QED) is 0.0504. The lowest BCUT2D eigenvalue weighted by atomic mass is 9.99. The zero-order valence-corrected chi connectivity index (χ0v) is 38.5. The van der Waals surface area contributed by atoms with Gasteiger partial charge in [-0.2, -0.15) is 13.2 Å². The number of carbonyl (C=O) groups is 6. The highest BCUT2D eigenvalue weighted by molar-refractivity contribution is 6.25. The first-order valence-electron chi connectivity index (χ1n) is 22.5. The Hall–Kier alpha value is -7.01. The second-order valence-corrected chi connectivity index (χ2v) is 17.0. The second-order valence-electron chi connectivity index (χ2n) is 17.0. The van der Waals surface area contributed by atoms with Crippen molar-refractivity contribution in [3.05, 3.63) is 111 Å². The van der Waals surface area contributed by atoms with Gasteiger partial charge in [-0.05, 0) is 75.3 Å². The van der Waals surface area contributed by atoms with E-state index in [9.17, 15) is 46.7 Å². The minimum Gasteiger partial charge on any atom is -0.382 e. The summed E-state index contributed by atoms with van der Waals surface area (Å²) in [7, 11) is 1.98. The number of fused-ring (bicyclic) bond motifs is 1. The number of piperazine rings is 1. The molecule has 0 saturated carbocycles. The van der Waals surface area contributed by atoms with E-state index in [4.69, 9.17) is 14.2 Å². The number of benzene rings is 3. The number of aromatic nitrogens is 1. The molecule has 1 aromatic heterocycles. The molecule has 3 aliphatic heterocycles. The number of nitrogens with zero attached hydrogens (tertiary/aromatic N) is 3. The van der Waals surface area contributed by atoms with Crippen molar-refractivity contribution in [2.45, 2.75) is 51.0 Å². The molecule has 0 bridgehead atoms. The molecule has 1 unspecified atom stereocenters. The van der Waals surface area contributed by atoms with Crippen LogP contribution in [0.3, 0.4) is 0 Å². The van der Waals surface area contributed by atoms with Crippen LogP contribution in [0.25, 0.3) is 11.1 Å². The zero-order valence-electron chi connectivity index (χ0n) is 38.5. The smallest absolute Gasteiger partial charge is 0.382 e. The Morgan fingerprint density at radius 2 is 1.47 bits per heavy atom. The van der Waals surface area contributed by atoms with Crippen molar-refractivity contribution in [3.8, 4) is 11.1 Å². The number of hydrogen-bond acceptors (Lipinski definition) is 13. The average molecular weight is 977 g/mol. The molecule has 372 valence electrons. The molecule has 0 aliphatic carbocycles. The highest BCUT2D eigenvalue weighted by Crippen LogP contribution is 2.37. The monoisotopic (exact) mass is 976 g/mol. The van der Waals surface area contributed by atoms with Crippen LogP contribution in [0.15, 0.2) is 71.7 Å². The first-order chi connectivity index (χ1) is 33.4. The standard InChI is InChI=1S/C48H52F4N8O10/c1-27-25-59(26-28(2)58(27)3)38-10-8-29(22-37(38)56-44(64)33-24-55-41(62)23-34(33)48(50,51)52)32-21-30(7-9-35(32)49)43(63)54-14-16-69-18-20-70-19-17-68-15-13-53-36-6-4-5-31-42(36)47(67)60(46(31)66)39-11-12-40(61)57-45(39)65/h4-10,21-24,27-28,39,53H,11-20,25-26H2,1-3H3,(H,54,63)(H,55,62)(H,56,64)(H,57,61,65)/t27-,28+,39?. The van der Waals surface area contributed by atoms with Gasteiger partial charge in [0.1, 0.15) is 11.9 Å². The van der Waals surface area contributed by atoms with Gasteiger partial charge in [0.05, 0.1) is 73.3 Å². The zero-order chi connectivity index (χ0) is 50.3. The molecule has 18 nitrogen and oxygen atoms in total. The summed E-state index contributed by atoms with van der Waals surface area (Å²) < 4.78 is 74.0. The number of amides is 6. The molecule has 0 spiro atoms. The summed E-state index contributed by atoms with van der Waals surface area (Å²) in [6.45, 7) is 6.78. The lowest BCUT2D eigenvalue weighted by molar-refractivity contribution is -0.138. The second kappa shape index (κ2) is 22.2. The van der Waals surface area contributed by atoms with Gasteiger partial charge in [-0.15, -0.1) is 0 Å². The minimum absolute atomic E-state index is 0.00268. The SMILES string of the molecule is C[C@@H]1CN(c2ccc(-c3cc(C(=O)NCCOCCOCCOCCNc4cccc5c4C(=O)N(C4CCC(=O)NC4=O)C5=O)ccc3F)cc2NC(=O)c2c[nH]c(=O)cc2C(F)(F)F)C[C@H](C)N1C. The highest BCUT2D eigenvalue weighted by Gasteiger charge is 2.45. The predicted molar refractivity (Wildman–Crippen MR) is 247 cm³/mol. The summed E-state index contributed by atoms with van der Waals surface area (Å²) in [5.74, 6) is -4.72. The van der Waals surface area contributed by atoms with Crippen LogP contribution in [0.4, 0.5) is 34.6 Å². The van der Waals surface area contributed by atoms with Crippen molar-refractivity contribution in [2.24, 2.45) is 0 Å². The van der Waals surface area contributed by atoms with Crippen LogP contribution in [-0.2, 0) is 30.0 Å². The molecule has 4 heterocycles. The van der Waals surface area contributed by atoms with Crippen LogP contribution < -0.4 is 31.7 Å². The largest absolute Gasteiger partial charge is 0.417 e. The van der Waals surface area contributed by atoms with Crippen molar-refractivity contribution in [1.29, 1.82) is 0 Å². The number of anilines is 3. The Balaban J connectivity index is 0.857. The van der Waals surface area contributed by atoms with E-state index in [1.165, 1.54) is 24.3 Å². The Labute approximate surface area is 399 Å². The molecule has 7 rings (SSSR count). The van der Waals surface area contributed by atoms with Crippen LogP contribution in [0.1, 0.15) is 73.7 Å². The van der Waals surface area contributed by atoms with E-state index < -0.39 is 70.2 Å². The van der Waals surface area contributed by atoms with Crippen LogP contribution in [-0.4, -0.2) is 141 Å². The third-order valence-electron chi connectivity index (χ3n) is 12.3. The van der Waals surface area contributed by atoms with Crippen LogP contribution in [0, 0.1) is 5.82 Å². The van der Waals surface area contributed by atoms with Gasteiger partial charge in [-0.3, -0.25) is 48.7 Å². The van der Waals surface area contributed by atoms with Crippen LogP contribution >= 0.6 is 0 Å². The summed E-state index contributed by atoms with van der Waals surface area (Å²) in [5, 5.41) is 10.6. The summed E-state index contributed by atoms with van der Waals surface area (Å²) >= 11 is 0. The fraction of sp³-hybridized carbons (Fsp3) is 0.396. The Kier molecular flexibility index (Phi) is 16.1. The van der Waals surface area contributed by atoms with Crippen molar-refractivity contribution in [3.63, 3.8) is 0 Å². The number of alkyl halides is 3. The third-order valence-corrected chi connectivity index (χ3v) is 12.3. The van der Waals surface area contributed by atoms with Gasteiger partial charge in [0.2, 0.25) is 17.4 Å². The number of hydrogen-bond donors (Lipinski definition) is 5. The normalized spacial score (nSPS) is 18.5. The molecule has 6 amide bonds. The van der Waals surface area contributed by atoms with E-state index in [1.807, 2.05) is 25.8 Å². The highest BCUT2D eigenvalue weighted by atomic mass is 19.4. The first-order valence-corrected chi connectivity index (χ1v) is 22.5. The molecule has 4 aromatic rings. The Bertz CT molecular complexity index is 2700. The summed E-state index contributed by atoms with van der Waals surface area (Å²) in [4.78, 5) is 95.9. The van der Waals surface area contributed by atoms with E-state index in [-0.39, 0.29) is 105 Å². The van der Waals surface area contributed by atoms with E-state index >= 15 is 4.39 Å². The number of likely N-dealkylation sites (N-methyl/N-ethyl adjacent to an activating group) is 1. The molecular formula is C48H52F4N8O10. The molecule has 3 atom stereocenters. The number of nitrogens with one attached hydrogen (secondary N) is 5. The number of carbonyl (C=O) groups excluding carboxylic acids is 6. The maximum Gasteiger partial charge on any atom is 0.417 e. The van der Waals surface area contributed by atoms with E-state index in [1.54, 1.807) is 24.3 Å². The number of ether oxygens (including phenoxy) is 3. The molecule has 5 N–H and O–H groups in total. The number of pyridine rings is 1. The molecule has 70 heavy (non-hydrogen) atoms. The molecule has 3 aliphatic rings. The van der Waals surface area contributed by atoms with Gasteiger partial charge in [0.25, 0.3) is 23.6 Å². The third kappa shape index (κ3) is 11.7. The summed E-state index contributed by atoms with van der Waals surface area (Å²) in [6, 6.07) is 12.6. The topological polar surface area (TPSA) is 221 Å². The summed E-state index contributed by atoms with van der Waals surface area (Å²) in [5.41, 5.74) is -1.61. The predicted octanol–water partition coefficient (Wildman–Crippen LogP) is 4.27. The van der Waals surface area contributed by atoms with Crippen molar-refractivity contribution in [2.75, 3.05) is 88.4 Å². The fourth-order valence-corrected chi connectivity index (χ4v) is 8.45. The number of H-pyrrole nitrogens is 1. The number of halogens is 4. The Morgan fingerprint density at radius 1 is 0.786 bits per heavy atom. The molecule has 0 radical (unpaired) electrons. The van der Waals surface area contributed by atoms with Crippen molar-refractivity contribution in [1.82, 2.24) is 25.4 Å². The lowest BCUT2D eigenvalue weighted by Gasteiger charge is -2.44. The van der Waals surface area contributed by atoms with E-state index in [2.05, 4.69) is 31.2 Å². The van der Waals surface area contributed by atoms with Gasteiger partial charge in [-0.25, -0.2) is 4.39 Å². The molecule has 3 aromatic carbocycles. The number of piperidine rings is 1. The van der Waals surface area contributed by atoms with Gasteiger partial charge >= 0.3 is 6.18 Å². The lowest BCUT2D eigenvalue weighted by Crippen LogP contribution is -2.55. The fourth-order valence-electron chi connectivity index (χ4n) is 8.45. The maximum atomic E-state index is 15.5. The molecule has 2 fully saturated rings. The number of imide groups is 2. The minimum atomic E-state index is -5.00. The van der Waals surface area contributed by atoms with Crippen molar-refractivity contribution < 1.29 is 60.5 Å². The molecule has 2 saturated heterocycles. The first kappa shape index (κ1) is 50.9. The van der Waals surface area contributed by atoms with E-state index in [0.717, 1.165) is 11.0 Å². The van der Waals surface area contributed by atoms with Gasteiger partial charge < -0.3 is 40.0 Å².